The molecule has 1 aliphatic heterocycles. The maximum Gasteiger partial charge on any atom is 0.209 e. The minimum absolute atomic E-state index is 0.568. The SMILES string of the molecule is CC1CC(C)C(C)N(Cc2nc3c(N)cccc3o2)C1. The first kappa shape index (κ1) is 13.4. The number of hydrogen-bond acceptors (Lipinski definition) is 4. The minimum atomic E-state index is 0.568. The zero-order chi connectivity index (χ0) is 14.3. The lowest BCUT2D eigenvalue weighted by Gasteiger charge is -2.40. The summed E-state index contributed by atoms with van der Waals surface area (Å²) in [5.41, 5.74) is 8.19. The summed E-state index contributed by atoms with van der Waals surface area (Å²) >= 11 is 0. The van der Waals surface area contributed by atoms with Crippen LogP contribution in [0.5, 0.6) is 0 Å². The van der Waals surface area contributed by atoms with Crippen LogP contribution in [0.4, 0.5) is 5.69 Å². The highest BCUT2D eigenvalue weighted by Gasteiger charge is 2.29. The van der Waals surface area contributed by atoms with E-state index in [-0.39, 0.29) is 0 Å². The van der Waals surface area contributed by atoms with Gasteiger partial charge in [0.15, 0.2) is 5.58 Å². The minimum Gasteiger partial charge on any atom is -0.439 e. The second-order valence-corrected chi connectivity index (χ2v) is 6.29. The molecule has 3 rings (SSSR count). The first-order valence-electron chi connectivity index (χ1n) is 7.42. The fourth-order valence-corrected chi connectivity index (χ4v) is 3.30. The Morgan fingerprint density at radius 3 is 2.90 bits per heavy atom. The van der Waals surface area contributed by atoms with E-state index in [1.54, 1.807) is 0 Å². The zero-order valence-corrected chi connectivity index (χ0v) is 12.5. The van der Waals surface area contributed by atoms with Gasteiger partial charge in [0.2, 0.25) is 5.89 Å². The molecule has 2 aromatic rings. The quantitative estimate of drug-likeness (QED) is 0.853. The normalized spacial score (nSPS) is 28.1. The molecular weight excluding hydrogens is 250 g/mol. The Morgan fingerprint density at radius 2 is 2.15 bits per heavy atom. The largest absolute Gasteiger partial charge is 0.439 e. The fraction of sp³-hybridized carbons (Fsp3) is 0.562. The standard InChI is InChI=1S/C16H23N3O/c1-10-7-11(2)12(3)19(8-10)9-15-18-16-13(17)5-4-6-14(16)20-15/h4-6,10-12H,7-9,17H2,1-3H3. The molecule has 20 heavy (non-hydrogen) atoms. The molecule has 0 radical (unpaired) electrons. The average molecular weight is 273 g/mol. The summed E-state index contributed by atoms with van der Waals surface area (Å²) in [5, 5.41) is 0. The number of nitrogens with zero attached hydrogens (tertiary/aromatic N) is 2. The molecule has 1 saturated heterocycles. The van der Waals surface area contributed by atoms with Crippen LogP contribution in [0.15, 0.2) is 22.6 Å². The van der Waals surface area contributed by atoms with Crippen LogP contribution < -0.4 is 5.73 Å². The highest BCUT2D eigenvalue weighted by molar-refractivity contribution is 5.85. The molecule has 0 amide bonds. The molecule has 4 nitrogen and oxygen atoms in total. The van der Waals surface area contributed by atoms with E-state index in [2.05, 4.69) is 30.7 Å². The van der Waals surface area contributed by atoms with Crippen molar-refractivity contribution >= 4 is 16.8 Å². The van der Waals surface area contributed by atoms with Crippen molar-refractivity contribution in [3.8, 4) is 0 Å². The van der Waals surface area contributed by atoms with Gasteiger partial charge in [-0.3, -0.25) is 4.90 Å². The molecule has 2 N–H and O–H groups in total. The van der Waals surface area contributed by atoms with Crippen molar-refractivity contribution in [2.75, 3.05) is 12.3 Å². The summed E-state index contributed by atoms with van der Waals surface area (Å²) in [6.45, 7) is 8.83. The highest BCUT2D eigenvalue weighted by atomic mass is 16.3. The van der Waals surface area contributed by atoms with Crippen LogP contribution in [0.25, 0.3) is 11.1 Å². The van der Waals surface area contributed by atoms with Crippen molar-refractivity contribution in [3.05, 3.63) is 24.1 Å². The van der Waals surface area contributed by atoms with E-state index in [1.165, 1.54) is 6.42 Å². The van der Waals surface area contributed by atoms with Gasteiger partial charge in [-0.2, -0.15) is 0 Å². The first-order valence-corrected chi connectivity index (χ1v) is 7.42. The Hall–Kier alpha value is -1.55. The van der Waals surface area contributed by atoms with E-state index in [0.717, 1.165) is 36.0 Å². The molecule has 1 aromatic heterocycles. The highest BCUT2D eigenvalue weighted by Crippen LogP contribution is 2.29. The number of fused-ring (bicyclic) bond motifs is 1. The molecule has 0 spiro atoms. The molecular formula is C16H23N3O. The van der Waals surface area contributed by atoms with Crippen LogP contribution in [0.1, 0.15) is 33.1 Å². The predicted molar refractivity (Wildman–Crippen MR) is 81.2 cm³/mol. The van der Waals surface area contributed by atoms with Gasteiger partial charge in [0.05, 0.1) is 12.2 Å². The molecule has 0 bridgehead atoms. The third-order valence-electron chi connectivity index (χ3n) is 4.55. The van der Waals surface area contributed by atoms with Crippen LogP contribution in [0, 0.1) is 11.8 Å². The number of nitrogen functional groups attached to an aromatic ring is 1. The number of hydrogen-bond donors (Lipinski definition) is 1. The first-order chi connectivity index (χ1) is 9.54. The number of nitrogens with two attached hydrogens (primary N) is 1. The lowest BCUT2D eigenvalue weighted by Crippen LogP contribution is -2.45. The molecule has 2 heterocycles. The summed E-state index contributed by atoms with van der Waals surface area (Å²) < 4.78 is 5.84. The van der Waals surface area contributed by atoms with Gasteiger partial charge < -0.3 is 10.2 Å². The summed E-state index contributed by atoms with van der Waals surface area (Å²) in [7, 11) is 0. The molecule has 0 saturated carbocycles. The topological polar surface area (TPSA) is 55.3 Å². The monoisotopic (exact) mass is 273 g/mol. The zero-order valence-electron chi connectivity index (χ0n) is 12.5. The molecule has 1 aromatic carbocycles. The molecule has 1 aliphatic rings. The van der Waals surface area contributed by atoms with Crippen molar-refractivity contribution < 1.29 is 4.42 Å². The smallest absolute Gasteiger partial charge is 0.209 e. The molecule has 0 aliphatic carbocycles. The van der Waals surface area contributed by atoms with E-state index in [0.29, 0.717) is 17.6 Å². The van der Waals surface area contributed by atoms with Crippen LogP contribution >= 0.6 is 0 Å². The van der Waals surface area contributed by atoms with Gasteiger partial charge in [-0.05, 0) is 37.3 Å². The number of aromatic nitrogens is 1. The number of rotatable bonds is 2. The van der Waals surface area contributed by atoms with Gasteiger partial charge in [0.25, 0.3) is 0 Å². The average Bonchev–Trinajstić information content (AvgIpc) is 2.79. The summed E-state index contributed by atoms with van der Waals surface area (Å²) in [5.74, 6) is 2.22. The maximum atomic E-state index is 5.94. The van der Waals surface area contributed by atoms with Gasteiger partial charge >= 0.3 is 0 Å². The van der Waals surface area contributed by atoms with Crippen molar-refractivity contribution in [1.29, 1.82) is 0 Å². The fourth-order valence-electron chi connectivity index (χ4n) is 3.30. The van der Waals surface area contributed by atoms with Crippen molar-refractivity contribution in [2.24, 2.45) is 11.8 Å². The molecule has 1 fully saturated rings. The molecule has 3 atom stereocenters. The Kier molecular flexibility index (Phi) is 3.42. The molecule has 4 heteroatoms. The van der Waals surface area contributed by atoms with Gasteiger partial charge in [0.1, 0.15) is 5.52 Å². The Morgan fingerprint density at radius 1 is 1.35 bits per heavy atom. The second kappa shape index (κ2) is 5.09. The number of oxazole rings is 1. The third-order valence-corrected chi connectivity index (χ3v) is 4.55. The number of para-hydroxylation sites is 1. The van der Waals surface area contributed by atoms with Crippen molar-refractivity contribution in [1.82, 2.24) is 9.88 Å². The van der Waals surface area contributed by atoms with Crippen LogP contribution in [-0.2, 0) is 6.54 Å². The predicted octanol–water partition coefficient (Wildman–Crippen LogP) is 3.28. The van der Waals surface area contributed by atoms with Gasteiger partial charge in [-0.1, -0.05) is 19.9 Å². The summed E-state index contributed by atoms with van der Waals surface area (Å²) in [6, 6.07) is 6.26. The van der Waals surface area contributed by atoms with E-state index >= 15 is 0 Å². The van der Waals surface area contributed by atoms with Crippen molar-refractivity contribution in [3.63, 3.8) is 0 Å². The van der Waals surface area contributed by atoms with E-state index in [1.807, 2.05) is 18.2 Å². The summed E-state index contributed by atoms with van der Waals surface area (Å²) in [4.78, 5) is 7.03. The number of anilines is 1. The van der Waals surface area contributed by atoms with Gasteiger partial charge in [0, 0.05) is 12.6 Å². The Balaban J connectivity index is 1.83. The van der Waals surface area contributed by atoms with Gasteiger partial charge in [-0.25, -0.2) is 4.98 Å². The lowest BCUT2D eigenvalue weighted by molar-refractivity contribution is 0.0658. The second-order valence-electron chi connectivity index (χ2n) is 6.29. The van der Waals surface area contributed by atoms with Crippen LogP contribution in [-0.4, -0.2) is 22.5 Å². The number of piperidine rings is 1. The van der Waals surface area contributed by atoms with E-state index < -0.39 is 0 Å². The maximum absolute atomic E-state index is 5.94. The molecule has 108 valence electrons. The van der Waals surface area contributed by atoms with Gasteiger partial charge in [-0.15, -0.1) is 0 Å². The Bertz CT molecular complexity index is 607. The lowest BCUT2D eigenvalue weighted by atomic mass is 9.86. The van der Waals surface area contributed by atoms with Crippen molar-refractivity contribution in [2.45, 2.75) is 39.8 Å². The molecule has 3 unspecified atom stereocenters. The van der Waals surface area contributed by atoms with Crippen LogP contribution in [0.3, 0.4) is 0 Å². The summed E-state index contributed by atoms with van der Waals surface area (Å²) in [6.07, 6.45) is 1.30. The van der Waals surface area contributed by atoms with E-state index in [4.69, 9.17) is 10.2 Å². The van der Waals surface area contributed by atoms with Crippen LogP contribution in [0.2, 0.25) is 0 Å². The van der Waals surface area contributed by atoms with E-state index in [9.17, 15) is 0 Å². The third kappa shape index (κ3) is 2.40. The Labute approximate surface area is 120 Å². The number of likely N-dealkylation sites (tertiary alicyclic amines) is 1. The number of benzene rings is 1.